The Morgan fingerprint density at radius 3 is 2.39 bits per heavy atom. The van der Waals surface area contributed by atoms with Crippen molar-refractivity contribution in [2.45, 2.75) is 20.6 Å². The van der Waals surface area contributed by atoms with Crippen molar-refractivity contribution in [3.8, 4) is 5.75 Å². The fourth-order valence-corrected chi connectivity index (χ4v) is 2.89. The molecule has 146 valence electrons. The third-order valence-electron chi connectivity index (χ3n) is 4.30. The maximum Gasteiger partial charge on any atom is 0.276 e. The number of rotatable bonds is 8. The number of carbonyl (C=O) groups excluding carboxylic acids is 1. The van der Waals surface area contributed by atoms with Crippen LogP contribution in [0.2, 0.25) is 5.02 Å². The van der Waals surface area contributed by atoms with Crippen LogP contribution in [-0.4, -0.2) is 28.8 Å². The van der Waals surface area contributed by atoms with E-state index in [0.29, 0.717) is 16.5 Å². The van der Waals surface area contributed by atoms with Crippen molar-refractivity contribution in [2.24, 2.45) is 0 Å². The van der Waals surface area contributed by atoms with Crippen LogP contribution in [0.4, 0.5) is 11.4 Å². The molecule has 3 rings (SSSR count). The summed E-state index contributed by atoms with van der Waals surface area (Å²) in [5.41, 5.74) is 2.19. The first-order chi connectivity index (χ1) is 13.6. The molecule has 0 bridgehead atoms. The Bertz CT molecular complexity index is 903. The molecule has 2 aromatic carbocycles. The maximum absolute atomic E-state index is 12.4. The standard InChI is InChI=1S/C21H23ClN4O2/c1-3-25(4-2)18-9-7-17(8-10-18)23-21(27)20-13-14-26(24-20)15-28-19-11-5-16(22)6-12-19/h5-14H,3-4,15H2,1-2H3,(H,23,27). The van der Waals surface area contributed by atoms with Crippen LogP contribution >= 0.6 is 11.6 Å². The van der Waals surface area contributed by atoms with Crippen LogP contribution in [0.3, 0.4) is 0 Å². The minimum atomic E-state index is -0.263. The lowest BCUT2D eigenvalue weighted by Gasteiger charge is -2.21. The monoisotopic (exact) mass is 398 g/mol. The first-order valence-corrected chi connectivity index (χ1v) is 9.55. The Labute approximate surface area is 169 Å². The molecule has 0 spiro atoms. The van der Waals surface area contributed by atoms with Crippen molar-refractivity contribution >= 4 is 28.9 Å². The average Bonchev–Trinajstić information content (AvgIpc) is 3.19. The summed E-state index contributed by atoms with van der Waals surface area (Å²) < 4.78 is 7.18. The number of halogens is 1. The smallest absolute Gasteiger partial charge is 0.276 e. The molecule has 0 aliphatic heterocycles. The summed E-state index contributed by atoms with van der Waals surface area (Å²) in [4.78, 5) is 14.7. The molecule has 6 nitrogen and oxygen atoms in total. The Hall–Kier alpha value is -2.99. The Morgan fingerprint density at radius 1 is 1.07 bits per heavy atom. The van der Waals surface area contributed by atoms with Crippen LogP contribution in [0.1, 0.15) is 24.3 Å². The van der Waals surface area contributed by atoms with Crippen molar-refractivity contribution in [1.82, 2.24) is 9.78 Å². The number of anilines is 2. The lowest BCUT2D eigenvalue weighted by Crippen LogP contribution is -2.21. The van der Waals surface area contributed by atoms with Crippen LogP contribution in [0.15, 0.2) is 60.8 Å². The van der Waals surface area contributed by atoms with Crippen molar-refractivity contribution < 1.29 is 9.53 Å². The second-order valence-corrected chi connectivity index (χ2v) is 6.58. The largest absolute Gasteiger partial charge is 0.471 e. The van der Waals surface area contributed by atoms with Crippen LogP contribution < -0.4 is 15.0 Å². The molecular weight excluding hydrogens is 376 g/mol. The van der Waals surface area contributed by atoms with E-state index in [-0.39, 0.29) is 12.6 Å². The van der Waals surface area contributed by atoms with Gasteiger partial charge in [-0.15, -0.1) is 0 Å². The summed E-state index contributed by atoms with van der Waals surface area (Å²) in [5.74, 6) is 0.417. The summed E-state index contributed by atoms with van der Waals surface area (Å²) in [6, 6.07) is 16.5. The molecule has 0 radical (unpaired) electrons. The zero-order valence-electron chi connectivity index (χ0n) is 15.9. The maximum atomic E-state index is 12.4. The van der Waals surface area contributed by atoms with Crippen LogP contribution in [0.25, 0.3) is 0 Å². The molecule has 7 heteroatoms. The number of benzene rings is 2. The van der Waals surface area contributed by atoms with E-state index in [1.165, 1.54) is 0 Å². The van der Waals surface area contributed by atoms with Gasteiger partial charge < -0.3 is 15.0 Å². The van der Waals surface area contributed by atoms with Crippen LogP contribution in [0, 0.1) is 0 Å². The highest BCUT2D eigenvalue weighted by molar-refractivity contribution is 6.30. The van der Waals surface area contributed by atoms with Gasteiger partial charge in [0.2, 0.25) is 0 Å². The summed E-state index contributed by atoms with van der Waals surface area (Å²) in [5, 5.41) is 7.77. The quantitative estimate of drug-likeness (QED) is 0.599. The number of ether oxygens (including phenoxy) is 1. The molecule has 3 aromatic rings. The van der Waals surface area contributed by atoms with Crippen LogP contribution in [-0.2, 0) is 6.73 Å². The van der Waals surface area contributed by atoms with Gasteiger partial charge in [-0.05, 0) is 68.4 Å². The van der Waals surface area contributed by atoms with E-state index < -0.39 is 0 Å². The molecule has 1 N–H and O–H groups in total. The van der Waals surface area contributed by atoms with Gasteiger partial charge in [-0.25, -0.2) is 4.68 Å². The van der Waals surface area contributed by atoms with Gasteiger partial charge in [0.15, 0.2) is 12.4 Å². The van der Waals surface area contributed by atoms with E-state index >= 15 is 0 Å². The Balaban J connectivity index is 1.57. The molecule has 1 aromatic heterocycles. The normalized spacial score (nSPS) is 10.5. The molecule has 1 amide bonds. The van der Waals surface area contributed by atoms with E-state index in [1.54, 1.807) is 41.2 Å². The Kier molecular flexibility index (Phi) is 6.55. The van der Waals surface area contributed by atoms with E-state index in [1.807, 2.05) is 24.3 Å². The third kappa shape index (κ3) is 5.04. The number of aromatic nitrogens is 2. The molecule has 0 aliphatic rings. The zero-order chi connectivity index (χ0) is 19.9. The first-order valence-electron chi connectivity index (χ1n) is 9.17. The molecule has 0 unspecified atom stereocenters. The highest BCUT2D eigenvalue weighted by Gasteiger charge is 2.10. The molecular formula is C21H23ClN4O2. The SMILES string of the molecule is CCN(CC)c1ccc(NC(=O)c2ccn(COc3ccc(Cl)cc3)n2)cc1. The minimum absolute atomic E-state index is 0.202. The highest BCUT2D eigenvalue weighted by Crippen LogP contribution is 2.18. The van der Waals surface area contributed by atoms with E-state index in [4.69, 9.17) is 16.3 Å². The summed E-state index contributed by atoms with van der Waals surface area (Å²) >= 11 is 5.85. The zero-order valence-corrected chi connectivity index (χ0v) is 16.7. The molecule has 0 atom stereocenters. The Morgan fingerprint density at radius 2 is 1.75 bits per heavy atom. The average molecular weight is 399 g/mol. The van der Waals surface area contributed by atoms with Gasteiger partial charge in [-0.3, -0.25) is 4.79 Å². The number of hydrogen-bond acceptors (Lipinski definition) is 4. The van der Waals surface area contributed by atoms with E-state index in [9.17, 15) is 4.79 Å². The van der Waals surface area contributed by atoms with Crippen molar-refractivity contribution in [1.29, 1.82) is 0 Å². The van der Waals surface area contributed by atoms with E-state index in [0.717, 1.165) is 24.5 Å². The topological polar surface area (TPSA) is 59.4 Å². The minimum Gasteiger partial charge on any atom is -0.471 e. The molecule has 0 saturated heterocycles. The summed E-state index contributed by atoms with van der Waals surface area (Å²) in [7, 11) is 0. The molecule has 0 saturated carbocycles. The number of carbonyl (C=O) groups is 1. The van der Waals surface area contributed by atoms with Gasteiger partial charge in [-0.1, -0.05) is 11.6 Å². The number of nitrogens with one attached hydrogen (secondary N) is 1. The summed E-state index contributed by atoms with van der Waals surface area (Å²) in [6.45, 7) is 6.32. The lowest BCUT2D eigenvalue weighted by molar-refractivity contribution is 0.102. The fraction of sp³-hybridized carbons (Fsp3) is 0.238. The van der Waals surface area contributed by atoms with Gasteiger partial charge in [0, 0.05) is 35.7 Å². The second-order valence-electron chi connectivity index (χ2n) is 6.14. The van der Waals surface area contributed by atoms with E-state index in [2.05, 4.69) is 29.2 Å². The summed E-state index contributed by atoms with van der Waals surface area (Å²) in [6.07, 6.45) is 1.70. The van der Waals surface area contributed by atoms with Gasteiger partial charge >= 0.3 is 0 Å². The predicted molar refractivity (Wildman–Crippen MR) is 112 cm³/mol. The first kappa shape index (κ1) is 19.8. The van der Waals surface area contributed by atoms with Crippen molar-refractivity contribution in [2.75, 3.05) is 23.3 Å². The second kappa shape index (κ2) is 9.28. The molecule has 28 heavy (non-hydrogen) atoms. The van der Waals surface area contributed by atoms with Crippen LogP contribution in [0.5, 0.6) is 5.75 Å². The lowest BCUT2D eigenvalue weighted by atomic mass is 10.2. The number of hydrogen-bond donors (Lipinski definition) is 1. The van der Waals surface area contributed by atoms with Gasteiger partial charge in [0.1, 0.15) is 5.75 Å². The number of amides is 1. The van der Waals surface area contributed by atoms with Crippen molar-refractivity contribution in [3.05, 3.63) is 71.5 Å². The fourth-order valence-electron chi connectivity index (χ4n) is 2.77. The molecule has 0 aliphatic carbocycles. The van der Waals surface area contributed by atoms with Gasteiger partial charge in [-0.2, -0.15) is 5.10 Å². The molecule has 1 heterocycles. The predicted octanol–water partition coefficient (Wildman–Crippen LogP) is 4.67. The van der Waals surface area contributed by atoms with Crippen molar-refractivity contribution in [3.63, 3.8) is 0 Å². The number of nitrogens with zero attached hydrogens (tertiary/aromatic N) is 3. The van der Waals surface area contributed by atoms with Gasteiger partial charge in [0.05, 0.1) is 0 Å². The molecule has 0 fully saturated rings. The third-order valence-corrected chi connectivity index (χ3v) is 4.56. The highest BCUT2D eigenvalue weighted by atomic mass is 35.5. The van der Waals surface area contributed by atoms with Gasteiger partial charge in [0.25, 0.3) is 5.91 Å².